The van der Waals surface area contributed by atoms with Gasteiger partial charge < -0.3 is 14.2 Å². The minimum Gasteiger partial charge on any atom is -0.491 e. The van der Waals surface area contributed by atoms with Gasteiger partial charge in [0.1, 0.15) is 12.4 Å². The number of hydrogen-bond acceptors (Lipinski definition) is 3. The second kappa shape index (κ2) is 10.6. The van der Waals surface area contributed by atoms with Crippen molar-refractivity contribution in [3.63, 3.8) is 0 Å². The van der Waals surface area contributed by atoms with Crippen molar-refractivity contribution in [1.82, 2.24) is 0 Å². The fraction of sp³-hybridized carbons (Fsp3) is 0.500. The summed E-state index contributed by atoms with van der Waals surface area (Å²) in [4.78, 5) is 0. The van der Waals surface area contributed by atoms with Gasteiger partial charge in [-0.25, -0.2) is 4.39 Å². The smallest absolute Gasteiger partial charge is 0.201 e. The third-order valence-corrected chi connectivity index (χ3v) is 5.27. The number of hydrogen-bond donors (Lipinski definition) is 0. The second-order valence-corrected chi connectivity index (χ2v) is 7.61. The molecule has 1 aliphatic rings. The third kappa shape index (κ3) is 5.69. The van der Waals surface area contributed by atoms with E-state index in [1.54, 1.807) is 30.3 Å². The second-order valence-electron chi connectivity index (χ2n) is 7.61. The molecule has 158 valence electrons. The summed E-state index contributed by atoms with van der Waals surface area (Å²) in [5.41, 5.74) is 0.794. The van der Waals surface area contributed by atoms with Crippen LogP contribution in [0.2, 0.25) is 0 Å². The van der Waals surface area contributed by atoms with Crippen LogP contribution in [0.25, 0.3) is 11.1 Å². The van der Waals surface area contributed by atoms with E-state index in [1.807, 2.05) is 6.92 Å². The lowest BCUT2D eigenvalue weighted by Crippen LogP contribution is -2.30. The van der Waals surface area contributed by atoms with Crippen LogP contribution in [0.4, 0.5) is 8.78 Å². The fourth-order valence-corrected chi connectivity index (χ4v) is 3.63. The molecule has 0 radical (unpaired) electrons. The zero-order valence-electron chi connectivity index (χ0n) is 17.3. The highest BCUT2D eigenvalue weighted by atomic mass is 19.2. The lowest BCUT2D eigenvalue weighted by molar-refractivity contribution is -0.0391. The van der Waals surface area contributed by atoms with Gasteiger partial charge in [-0.05, 0) is 61.4 Å². The minimum absolute atomic E-state index is 0.0540. The molecule has 0 spiro atoms. The van der Waals surface area contributed by atoms with Gasteiger partial charge in [-0.2, -0.15) is 4.39 Å². The summed E-state index contributed by atoms with van der Waals surface area (Å²) in [5, 5.41) is 0. The topological polar surface area (TPSA) is 27.7 Å². The standard InChI is InChI=1S/C24H30F2O3/c1-3-5-17-6-9-20(28-15-17)16-29-19-10-7-18(8-11-19)21-12-13-22(27-14-4-2)24(26)23(21)25/h7-8,10-13,17,20H,3-6,9,14-16H2,1-2H3. The first-order chi connectivity index (χ1) is 14.1. The molecule has 0 bridgehead atoms. The van der Waals surface area contributed by atoms with E-state index in [0.29, 0.717) is 30.4 Å². The van der Waals surface area contributed by atoms with Crippen molar-refractivity contribution in [3.8, 4) is 22.6 Å². The molecule has 1 saturated heterocycles. The largest absolute Gasteiger partial charge is 0.491 e. The van der Waals surface area contributed by atoms with Crippen molar-refractivity contribution in [2.24, 2.45) is 5.92 Å². The Hall–Kier alpha value is -2.14. The number of ether oxygens (including phenoxy) is 3. The first-order valence-corrected chi connectivity index (χ1v) is 10.6. The van der Waals surface area contributed by atoms with Gasteiger partial charge in [0.2, 0.25) is 5.82 Å². The minimum atomic E-state index is -0.952. The average Bonchev–Trinajstić information content (AvgIpc) is 2.75. The van der Waals surface area contributed by atoms with Crippen molar-refractivity contribution in [1.29, 1.82) is 0 Å². The van der Waals surface area contributed by atoms with Crippen LogP contribution in [0.15, 0.2) is 36.4 Å². The Morgan fingerprint density at radius 2 is 1.72 bits per heavy atom. The Bertz CT molecular complexity index is 768. The third-order valence-electron chi connectivity index (χ3n) is 5.27. The molecule has 1 aliphatic heterocycles. The van der Waals surface area contributed by atoms with Crippen LogP contribution in [-0.2, 0) is 4.74 Å². The predicted octanol–water partition coefficient (Wildman–Crippen LogP) is 6.39. The normalized spacial score (nSPS) is 19.2. The van der Waals surface area contributed by atoms with Crippen LogP contribution in [0, 0.1) is 17.6 Å². The van der Waals surface area contributed by atoms with Gasteiger partial charge in [-0.1, -0.05) is 32.4 Å². The van der Waals surface area contributed by atoms with E-state index >= 15 is 0 Å². The number of benzene rings is 2. The molecule has 5 heteroatoms. The van der Waals surface area contributed by atoms with Crippen LogP contribution < -0.4 is 9.47 Å². The highest BCUT2D eigenvalue weighted by molar-refractivity contribution is 5.66. The van der Waals surface area contributed by atoms with Gasteiger partial charge in [-0.3, -0.25) is 0 Å². The van der Waals surface area contributed by atoms with Crippen LogP contribution in [-0.4, -0.2) is 25.9 Å². The zero-order chi connectivity index (χ0) is 20.6. The maximum absolute atomic E-state index is 14.5. The summed E-state index contributed by atoms with van der Waals surface area (Å²) < 4.78 is 45.6. The van der Waals surface area contributed by atoms with Crippen molar-refractivity contribution < 1.29 is 23.0 Å². The lowest BCUT2D eigenvalue weighted by atomic mass is 9.95. The molecule has 1 fully saturated rings. The van der Waals surface area contributed by atoms with E-state index in [-0.39, 0.29) is 17.4 Å². The summed E-state index contributed by atoms with van der Waals surface area (Å²) in [6.45, 7) is 5.78. The molecule has 0 N–H and O–H groups in total. The molecule has 29 heavy (non-hydrogen) atoms. The quantitative estimate of drug-likeness (QED) is 0.484. The van der Waals surface area contributed by atoms with Gasteiger partial charge in [-0.15, -0.1) is 0 Å². The van der Waals surface area contributed by atoms with E-state index in [9.17, 15) is 8.78 Å². The molecule has 0 saturated carbocycles. The molecule has 3 nitrogen and oxygen atoms in total. The summed E-state index contributed by atoms with van der Waals surface area (Å²) in [6, 6.07) is 10.0. The van der Waals surface area contributed by atoms with E-state index in [2.05, 4.69) is 6.92 Å². The molecule has 3 rings (SSSR count). The molecule has 2 aromatic carbocycles. The molecule has 2 unspecified atom stereocenters. The SMILES string of the molecule is CCCOc1ccc(-c2ccc(OCC3CCC(CCC)CO3)cc2)c(F)c1F. The molecule has 2 atom stereocenters. The van der Waals surface area contributed by atoms with Gasteiger partial charge in [0, 0.05) is 12.2 Å². The molecular weight excluding hydrogens is 374 g/mol. The summed E-state index contributed by atoms with van der Waals surface area (Å²) in [7, 11) is 0. The van der Waals surface area contributed by atoms with Crippen molar-refractivity contribution in [3.05, 3.63) is 48.0 Å². The van der Waals surface area contributed by atoms with Gasteiger partial charge >= 0.3 is 0 Å². The zero-order valence-corrected chi connectivity index (χ0v) is 17.3. The highest BCUT2D eigenvalue weighted by Gasteiger charge is 2.21. The highest BCUT2D eigenvalue weighted by Crippen LogP contribution is 2.31. The lowest BCUT2D eigenvalue weighted by Gasteiger charge is -2.28. The van der Waals surface area contributed by atoms with Crippen LogP contribution in [0.5, 0.6) is 11.5 Å². The monoisotopic (exact) mass is 404 g/mol. The van der Waals surface area contributed by atoms with Crippen LogP contribution >= 0.6 is 0 Å². The van der Waals surface area contributed by atoms with Gasteiger partial charge in [0.05, 0.1) is 12.7 Å². The summed E-state index contributed by atoms with van der Waals surface area (Å²) >= 11 is 0. The maximum atomic E-state index is 14.5. The Morgan fingerprint density at radius 1 is 0.931 bits per heavy atom. The molecular formula is C24H30F2O3. The van der Waals surface area contributed by atoms with E-state index in [1.165, 1.54) is 25.3 Å². The van der Waals surface area contributed by atoms with E-state index < -0.39 is 11.6 Å². The average molecular weight is 404 g/mol. The molecule has 0 aromatic heterocycles. The van der Waals surface area contributed by atoms with Gasteiger partial charge in [0.25, 0.3) is 0 Å². The Kier molecular flexibility index (Phi) is 7.87. The summed E-state index contributed by atoms with van der Waals surface area (Å²) in [6.07, 6.45) is 5.46. The maximum Gasteiger partial charge on any atom is 0.201 e. The van der Waals surface area contributed by atoms with Crippen molar-refractivity contribution in [2.45, 2.75) is 52.1 Å². The van der Waals surface area contributed by atoms with Crippen molar-refractivity contribution >= 4 is 0 Å². The predicted molar refractivity (Wildman–Crippen MR) is 110 cm³/mol. The number of halogens is 2. The number of rotatable bonds is 9. The van der Waals surface area contributed by atoms with Crippen LogP contribution in [0.3, 0.4) is 0 Å². The van der Waals surface area contributed by atoms with Crippen molar-refractivity contribution in [2.75, 3.05) is 19.8 Å². The van der Waals surface area contributed by atoms with Crippen LogP contribution in [0.1, 0.15) is 46.0 Å². The van der Waals surface area contributed by atoms with Gasteiger partial charge in [0.15, 0.2) is 11.6 Å². The van der Waals surface area contributed by atoms with E-state index in [4.69, 9.17) is 14.2 Å². The fourth-order valence-electron chi connectivity index (χ4n) is 3.63. The Balaban J connectivity index is 1.57. The molecule has 0 amide bonds. The first kappa shape index (κ1) is 21.6. The molecule has 1 heterocycles. The molecule has 0 aliphatic carbocycles. The summed E-state index contributed by atoms with van der Waals surface area (Å²) in [5.74, 6) is -0.542. The Morgan fingerprint density at radius 3 is 2.38 bits per heavy atom. The molecule has 2 aromatic rings. The van der Waals surface area contributed by atoms with E-state index in [0.717, 1.165) is 19.4 Å². The Labute approximate surface area is 172 Å². The first-order valence-electron chi connectivity index (χ1n) is 10.6.